The van der Waals surface area contributed by atoms with E-state index < -0.39 is 11.6 Å². The third kappa shape index (κ3) is 2.29. The van der Waals surface area contributed by atoms with E-state index in [0.29, 0.717) is 5.56 Å². The van der Waals surface area contributed by atoms with Gasteiger partial charge in [0.2, 0.25) is 0 Å². The van der Waals surface area contributed by atoms with Crippen molar-refractivity contribution in [3.63, 3.8) is 0 Å². The van der Waals surface area contributed by atoms with E-state index in [9.17, 15) is 8.78 Å². The molecule has 1 aromatic rings. The summed E-state index contributed by atoms with van der Waals surface area (Å²) in [4.78, 5) is 1.60. The molecule has 0 aliphatic rings. The summed E-state index contributed by atoms with van der Waals surface area (Å²) in [6.07, 6.45) is 0. The third-order valence-electron chi connectivity index (χ3n) is 1.60. The van der Waals surface area contributed by atoms with Crippen LogP contribution < -0.4 is 0 Å². The molecule has 0 amide bonds. The van der Waals surface area contributed by atoms with E-state index in [4.69, 9.17) is 11.6 Å². The average molecular weight is 268 g/mol. The van der Waals surface area contributed by atoms with Gasteiger partial charge in [0.1, 0.15) is 0 Å². The van der Waals surface area contributed by atoms with E-state index >= 15 is 0 Å². The van der Waals surface area contributed by atoms with Gasteiger partial charge in [0.25, 0.3) is 0 Å². The van der Waals surface area contributed by atoms with Crippen LogP contribution >= 0.6 is 27.5 Å². The van der Waals surface area contributed by atoms with Gasteiger partial charge >= 0.3 is 0 Å². The van der Waals surface area contributed by atoms with Gasteiger partial charge in [-0.25, -0.2) is 8.78 Å². The fraction of sp³-hybridized carbons (Fsp3) is 0.111. The van der Waals surface area contributed by atoms with Gasteiger partial charge in [-0.3, -0.25) is 0 Å². The van der Waals surface area contributed by atoms with Gasteiger partial charge in [0, 0.05) is 0 Å². The first-order valence-electron chi connectivity index (χ1n) is 3.48. The van der Waals surface area contributed by atoms with Crippen LogP contribution in [-0.4, -0.2) is 0 Å². The fourth-order valence-corrected chi connectivity index (χ4v) is 1.43. The monoisotopic (exact) mass is 266 g/mol. The number of allylic oxidation sites excluding steroid dienone is 1. The molecule has 0 aromatic heterocycles. The maximum absolute atomic E-state index is 12.8. The quantitative estimate of drug-likeness (QED) is 0.663. The van der Waals surface area contributed by atoms with Crippen LogP contribution in [0.15, 0.2) is 17.1 Å². The van der Waals surface area contributed by atoms with Crippen LogP contribution in [0.4, 0.5) is 8.78 Å². The molecule has 0 N–H and O–H groups in total. The highest BCUT2D eigenvalue weighted by atomic mass is 79.9. The molecule has 0 fully saturated rings. The third-order valence-corrected chi connectivity index (χ3v) is 2.60. The molecule has 4 heteroatoms. The number of halogens is 4. The van der Waals surface area contributed by atoms with E-state index in [2.05, 4.69) is 15.9 Å². The summed E-state index contributed by atoms with van der Waals surface area (Å²) < 4.78 is 25.4. The van der Waals surface area contributed by atoms with Gasteiger partial charge in [-0.2, -0.15) is 0 Å². The summed E-state index contributed by atoms with van der Waals surface area (Å²) in [6.45, 7) is 1.74. The maximum Gasteiger partial charge on any atom is 0.160 e. The number of rotatable bonds is 1. The SMILES string of the molecule is CC(=CBr)c1cc(F)c(F)cc1Cl. The van der Waals surface area contributed by atoms with E-state index in [-0.39, 0.29) is 5.02 Å². The molecule has 0 radical (unpaired) electrons. The lowest BCUT2D eigenvalue weighted by molar-refractivity contribution is 0.508. The van der Waals surface area contributed by atoms with Crippen molar-refractivity contribution >= 4 is 33.1 Å². The normalized spacial score (nSPS) is 11.9. The number of hydrogen-bond donors (Lipinski definition) is 0. The second-order valence-corrected chi connectivity index (χ2v) is 3.40. The Labute approximate surface area is 88.3 Å². The van der Waals surface area contributed by atoms with Crippen LogP contribution in [0.25, 0.3) is 5.57 Å². The Morgan fingerprint density at radius 3 is 2.46 bits per heavy atom. The molecule has 1 rings (SSSR count). The lowest BCUT2D eigenvalue weighted by Crippen LogP contribution is -1.88. The van der Waals surface area contributed by atoms with Crippen molar-refractivity contribution < 1.29 is 8.78 Å². The van der Waals surface area contributed by atoms with Crippen LogP contribution in [0.5, 0.6) is 0 Å². The average Bonchev–Trinajstić information content (AvgIpc) is 2.10. The second-order valence-electron chi connectivity index (χ2n) is 2.54. The molecule has 0 saturated heterocycles. The number of benzene rings is 1. The molecule has 0 aliphatic carbocycles. The van der Waals surface area contributed by atoms with E-state index in [1.807, 2.05) is 0 Å². The van der Waals surface area contributed by atoms with Gasteiger partial charge in [0.15, 0.2) is 11.6 Å². The molecule has 0 bridgehead atoms. The molecule has 0 nitrogen and oxygen atoms in total. The molecular formula is C9H6BrClF2. The summed E-state index contributed by atoms with van der Waals surface area (Å²) in [5.41, 5.74) is 1.22. The Morgan fingerprint density at radius 1 is 1.38 bits per heavy atom. The van der Waals surface area contributed by atoms with Crippen LogP contribution in [0.1, 0.15) is 12.5 Å². The molecule has 0 saturated carbocycles. The Morgan fingerprint density at radius 2 is 1.92 bits per heavy atom. The molecule has 0 atom stereocenters. The molecular weight excluding hydrogens is 261 g/mol. The van der Waals surface area contributed by atoms with Gasteiger partial charge < -0.3 is 0 Å². The molecule has 1 aromatic carbocycles. The lowest BCUT2D eigenvalue weighted by atomic mass is 10.1. The summed E-state index contributed by atoms with van der Waals surface area (Å²) in [5, 5.41) is 0.201. The minimum Gasteiger partial charge on any atom is -0.204 e. The van der Waals surface area contributed by atoms with Crippen molar-refractivity contribution in [1.29, 1.82) is 0 Å². The summed E-state index contributed by atoms with van der Waals surface area (Å²) in [7, 11) is 0. The predicted octanol–water partition coefficient (Wildman–Crippen LogP) is 4.37. The highest BCUT2D eigenvalue weighted by molar-refractivity contribution is 9.11. The minimum atomic E-state index is -0.934. The van der Waals surface area contributed by atoms with Crippen molar-refractivity contribution in [1.82, 2.24) is 0 Å². The van der Waals surface area contributed by atoms with Crippen LogP contribution in [0.3, 0.4) is 0 Å². The minimum absolute atomic E-state index is 0.201. The topological polar surface area (TPSA) is 0 Å². The van der Waals surface area contributed by atoms with Gasteiger partial charge in [0.05, 0.1) is 5.02 Å². The highest BCUT2D eigenvalue weighted by Gasteiger charge is 2.08. The molecule has 13 heavy (non-hydrogen) atoms. The number of hydrogen-bond acceptors (Lipinski definition) is 0. The van der Waals surface area contributed by atoms with Crippen LogP contribution in [0.2, 0.25) is 5.02 Å². The summed E-state index contributed by atoms with van der Waals surface area (Å²) in [6, 6.07) is 2.04. The zero-order valence-corrected chi connectivity index (χ0v) is 9.09. The molecule has 70 valence electrons. The van der Waals surface area contributed by atoms with Crippen LogP contribution in [-0.2, 0) is 0 Å². The Kier molecular flexibility index (Phi) is 3.45. The Hall–Kier alpha value is -0.410. The second kappa shape index (κ2) is 4.20. The first-order valence-corrected chi connectivity index (χ1v) is 4.77. The predicted molar refractivity (Wildman–Crippen MR) is 53.9 cm³/mol. The van der Waals surface area contributed by atoms with Crippen LogP contribution in [0, 0.1) is 11.6 Å². The van der Waals surface area contributed by atoms with Gasteiger partial charge in [-0.15, -0.1) is 0 Å². The van der Waals surface area contributed by atoms with Crippen molar-refractivity contribution in [3.05, 3.63) is 39.3 Å². The lowest BCUT2D eigenvalue weighted by Gasteiger charge is -2.04. The Bertz CT molecular complexity index is 361. The molecule has 0 unspecified atom stereocenters. The molecule has 0 aliphatic heterocycles. The zero-order valence-electron chi connectivity index (χ0n) is 6.74. The highest BCUT2D eigenvalue weighted by Crippen LogP contribution is 2.26. The molecule has 0 spiro atoms. The first-order chi connectivity index (χ1) is 6.06. The fourth-order valence-electron chi connectivity index (χ4n) is 0.884. The van der Waals surface area contributed by atoms with Crippen molar-refractivity contribution in [2.75, 3.05) is 0 Å². The van der Waals surface area contributed by atoms with E-state index in [1.165, 1.54) is 0 Å². The molecule has 0 heterocycles. The first kappa shape index (κ1) is 10.7. The summed E-state index contributed by atoms with van der Waals surface area (Å²) >= 11 is 8.80. The Balaban J connectivity index is 3.32. The smallest absolute Gasteiger partial charge is 0.160 e. The van der Waals surface area contributed by atoms with Crippen molar-refractivity contribution in [2.45, 2.75) is 6.92 Å². The largest absolute Gasteiger partial charge is 0.204 e. The zero-order chi connectivity index (χ0) is 10.0. The van der Waals surface area contributed by atoms with Gasteiger partial charge in [-0.05, 0) is 35.2 Å². The van der Waals surface area contributed by atoms with Crippen molar-refractivity contribution in [3.8, 4) is 0 Å². The van der Waals surface area contributed by atoms with Crippen molar-refractivity contribution in [2.24, 2.45) is 0 Å². The maximum atomic E-state index is 12.8. The summed E-state index contributed by atoms with van der Waals surface area (Å²) in [5.74, 6) is -1.83. The van der Waals surface area contributed by atoms with Gasteiger partial charge in [-0.1, -0.05) is 27.5 Å². The van der Waals surface area contributed by atoms with E-state index in [1.54, 1.807) is 11.9 Å². The standard InChI is InChI=1S/C9H6BrClF2/c1-5(4-10)6-2-8(12)9(13)3-7(6)11/h2-4H,1H3. The van der Waals surface area contributed by atoms with E-state index in [0.717, 1.165) is 17.7 Å².